The van der Waals surface area contributed by atoms with Gasteiger partial charge in [0.2, 0.25) is 0 Å². The van der Waals surface area contributed by atoms with E-state index in [2.05, 4.69) is 194 Å². The van der Waals surface area contributed by atoms with Crippen LogP contribution in [-0.2, 0) is 0 Å². The molecule has 8 aromatic carbocycles. The average molecular weight is 697 g/mol. The second-order valence-electron chi connectivity index (χ2n) is 12.3. The minimum Gasteiger partial charge on any atom is -0.330 e. The molecule has 0 saturated carbocycles. The van der Waals surface area contributed by atoms with Crippen molar-refractivity contribution in [2.75, 3.05) is 13.1 Å². The minimum absolute atomic E-state index is 0.719. The summed E-state index contributed by atoms with van der Waals surface area (Å²) in [7, 11) is -1.70. The van der Waals surface area contributed by atoms with Crippen molar-refractivity contribution in [2.24, 2.45) is 11.5 Å². The van der Waals surface area contributed by atoms with Crippen molar-refractivity contribution in [3.63, 3.8) is 0 Å². The molecule has 4 heteroatoms. The molecule has 0 saturated heterocycles. The summed E-state index contributed by atoms with van der Waals surface area (Å²) < 4.78 is 0. The molecule has 0 radical (unpaired) electrons. The first kappa shape index (κ1) is 34.5. The lowest BCUT2D eigenvalue weighted by molar-refractivity contribution is 0.844. The van der Waals surface area contributed by atoms with Gasteiger partial charge in [0.1, 0.15) is 0 Å². The number of nitrogens with two attached hydrogens (primary N) is 2. The van der Waals surface area contributed by atoms with Gasteiger partial charge in [0.05, 0.1) is 0 Å². The van der Waals surface area contributed by atoms with Crippen LogP contribution in [0.3, 0.4) is 0 Å². The zero-order valence-electron chi connectivity index (χ0n) is 28.6. The van der Waals surface area contributed by atoms with Gasteiger partial charge in [-0.05, 0) is 99.9 Å². The van der Waals surface area contributed by atoms with E-state index in [4.69, 9.17) is 11.5 Å². The van der Waals surface area contributed by atoms with Crippen LogP contribution >= 0.6 is 15.8 Å². The molecule has 51 heavy (non-hydrogen) atoms. The first-order valence-electron chi connectivity index (χ1n) is 17.5. The van der Waals surface area contributed by atoms with Gasteiger partial charge in [0, 0.05) is 0 Å². The van der Waals surface area contributed by atoms with Crippen molar-refractivity contribution in [1.29, 1.82) is 0 Å². The molecule has 8 aromatic rings. The smallest absolute Gasteiger partial charge is 0.000884 e. The van der Waals surface area contributed by atoms with Crippen LogP contribution in [0.4, 0.5) is 0 Å². The van der Waals surface area contributed by atoms with Gasteiger partial charge in [-0.2, -0.15) is 0 Å². The van der Waals surface area contributed by atoms with E-state index in [1.54, 1.807) is 0 Å². The highest BCUT2D eigenvalue weighted by molar-refractivity contribution is 7.80. The molecule has 2 nitrogen and oxygen atoms in total. The van der Waals surface area contributed by atoms with E-state index in [1.165, 1.54) is 64.5 Å². The standard InChI is InChI=1S/C44H32P2.C3H10N2/c1-5-19-35(20-6-1)45(36-21-7-2-8-22-36)41-31-29-33-17-13-15-27-39(33)43(41)44-40-28-16-14-18-34(40)30-32-42(44)46(37-23-9-3-10-24-37)38-25-11-4-12-26-38;4-2-1-3-5/h1-32H;1-5H2. The summed E-state index contributed by atoms with van der Waals surface area (Å²) in [5.41, 5.74) is 12.8. The zero-order valence-corrected chi connectivity index (χ0v) is 30.4. The Hall–Kier alpha value is -4.94. The zero-order chi connectivity index (χ0) is 34.8. The van der Waals surface area contributed by atoms with Crippen molar-refractivity contribution >= 4 is 69.2 Å². The summed E-state index contributed by atoms with van der Waals surface area (Å²) in [5.74, 6) is 0. The van der Waals surface area contributed by atoms with Crippen molar-refractivity contribution < 1.29 is 0 Å². The van der Waals surface area contributed by atoms with Crippen molar-refractivity contribution in [3.8, 4) is 11.1 Å². The van der Waals surface area contributed by atoms with Crippen LogP contribution < -0.4 is 43.3 Å². The minimum atomic E-state index is -0.852. The van der Waals surface area contributed by atoms with E-state index < -0.39 is 15.8 Å². The molecule has 0 amide bonds. The normalized spacial score (nSPS) is 11.1. The first-order chi connectivity index (χ1) is 25.3. The van der Waals surface area contributed by atoms with E-state index in [0.29, 0.717) is 0 Å². The summed E-state index contributed by atoms with van der Waals surface area (Å²) in [6.07, 6.45) is 0.944. The Balaban J connectivity index is 0.000000761. The Morgan fingerprint density at radius 2 is 0.608 bits per heavy atom. The molecule has 0 aromatic heterocycles. The summed E-state index contributed by atoms with van der Waals surface area (Å²) in [6.45, 7) is 1.44. The van der Waals surface area contributed by atoms with Gasteiger partial charge in [-0.1, -0.05) is 194 Å². The molecule has 8 rings (SSSR count). The highest BCUT2D eigenvalue weighted by Crippen LogP contribution is 2.45. The third kappa shape index (κ3) is 7.57. The second kappa shape index (κ2) is 16.8. The van der Waals surface area contributed by atoms with Crippen molar-refractivity contribution in [2.45, 2.75) is 6.42 Å². The predicted molar refractivity (Wildman–Crippen MR) is 227 cm³/mol. The molecule has 0 fully saturated rings. The van der Waals surface area contributed by atoms with E-state index in [0.717, 1.165) is 19.5 Å². The lowest BCUT2D eigenvalue weighted by Gasteiger charge is -2.28. The lowest BCUT2D eigenvalue weighted by atomic mass is 9.93. The topological polar surface area (TPSA) is 52.0 Å². The molecule has 0 atom stereocenters. The van der Waals surface area contributed by atoms with Crippen LogP contribution in [-0.4, -0.2) is 13.1 Å². The van der Waals surface area contributed by atoms with Gasteiger partial charge >= 0.3 is 0 Å². The molecule has 0 aliphatic rings. The predicted octanol–water partition coefficient (Wildman–Crippen LogP) is 8.47. The van der Waals surface area contributed by atoms with Crippen LogP contribution in [0.1, 0.15) is 6.42 Å². The molecule has 0 spiro atoms. The average Bonchev–Trinajstić information content (AvgIpc) is 3.20. The van der Waals surface area contributed by atoms with E-state index in [9.17, 15) is 0 Å². The number of hydrogen-bond donors (Lipinski definition) is 2. The fourth-order valence-corrected chi connectivity index (χ4v) is 11.6. The van der Waals surface area contributed by atoms with Gasteiger partial charge in [-0.25, -0.2) is 0 Å². The van der Waals surface area contributed by atoms with E-state index >= 15 is 0 Å². The van der Waals surface area contributed by atoms with Crippen LogP contribution in [0.25, 0.3) is 32.7 Å². The highest BCUT2D eigenvalue weighted by atomic mass is 31.1. The maximum atomic E-state index is 5.06. The fraction of sp³-hybridized carbons (Fsp3) is 0.0638. The van der Waals surface area contributed by atoms with Crippen molar-refractivity contribution in [3.05, 3.63) is 194 Å². The Kier molecular flexibility index (Phi) is 11.4. The number of rotatable bonds is 9. The number of benzene rings is 8. The van der Waals surface area contributed by atoms with Crippen LogP contribution in [0.5, 0.6) is 0 Å². The lowest BCUT2D eigenvalue weighted by Crippen LogP contribution is -2.26. The molecule has 4 N–H and O–H groups in total. The first-order valence-corrected chi connectivity index (χ1v) is 20.2. The fourth-order valence-electron chi connectivity index (χ4n) is 6.70. The van der Waals surface area contributed by atoms with Gasteiger partial charge < -0.3 is 11.5 Å². The maximum Gasteiger partial charge on any atom is -0.000884 e. The second-order valence-corrected chi connectivity index (χ2v) is 16.7. The summed E-state index contributed by atoms with van der Waals surface area (Å²) >= 11 is 0. The van der Waals surface area contributed by atoms with Crippen molar-refractivity contribution in [1.82, 2.24) is 0 Å². The Bertz CT molecular complexity index is 2070. The van der Waals surface area contributed by atoms with Gasteiger partial charge in [0.15, 0.2) is 0 Å². The molecule has 0 bridgehead atoms. The van der Waals surface area contributed by atoms with Crippen LogP contribution in [0.2, 0.25) is 0 Å². The third-order valence-electron chi connectivity index (χ3n) is 9.01. The molecule has 0 heterocycles. The van der Waals surface area contributed by atoms with E-state index in [1.807, 2.05) is 0 Å². The number of hydrogen-bond acceptors (Lipinski definition) is 2. The van der Waals surface area contributed by atoms with E-state index in [-0.39, 0.29) is 0 Å². The van der Waals surface area contributed by atoms with Crippen LogP contribution in [0, 0.1) is 0 Å². The molecular formula is C47H42N2P2. The summed E-state index contributed by atoms with van der Waals surface area (Å²) in [6, 6.07) is 71.8. The molecule has 250 valence electrons. The van der Waals surface area contributed by atoms with Crippen LogP contribution in [0.15, 0.2) is 194 Å². The SMILES string of the molecule is NCCCN.c1ccc(P(c2ccccc2)c2ccc3ccccc3c2-c2c(P(c3ccccc3)c3ccccc3)ccc3ccccc23)cc1. The Morgan fingerprint density at radius 3 is 0.902 bits per heavy atom. The number of fused-ring (bicyclic) bond motifs is 2. The molecular weight excluding hydrogens is 654 g/mol. The molecule has 0 aliphatic carbocycles. The Morgan fingerprint density at radius 1 is 0.314 bits per heavy atom. The summed E-state index contributed by atoms with van der Waals surface area (Å²) in [5, 5.41) is 13.3. The van der Waals surface area contributed by atoms with Gasteiger partial charge in [-0.3, -0.25) is 0 Å². The quantitative estimate of drug-likeness (QED) is 0.149. The maximum absolute atomic E-state index is 5.06. The highest BCUT2D eigenvalue weighted by Gasteiger charge is 2.27. The summed E-state index contributed by atoms with van der Waals surface area (Å²) in [4.78, 5) is 0. The van der Waals surface area contributed by atoms with Gasteiger partial charge in [-0.15, -0.1) is 0 Å². The Labute approximate surface area is 304 Å². The molecule has 0 unspecified atom stereocenters. The monoisotopic (exact) mass is 696 g/mol. The van der Waals surface area contributed by atoms with Gasteiger partial charge in [0.25, 0.3) is 0 Å². The largest absolute Gasteiger partial charge is 0.330 e. The third-order valence-corrected chi connectivity index (χ3v) is 14.0. The molecule has 0 aliphatic heterocycles.